The van der Waals surface area contributed by atoms with Gasteiger partial charge in [-0.1, -0.05) is 24.3 Å². The van der Waals surface area contributed by atoms with E-state index < -0.39 is 18.1 Å². The van der Waals surface area contributed by atoms with Crippen LogP contribution in [-0.4, -0.2) is 35.6 Å². The molecule has 0 aliphatic heterocycles. The third kappa shape index (κ3) is 4.62. The average Bonchev–Trinajstić information content (AvgIpc) is 2.65. The first-order valence-corrected chi connectivity index (χ1v) is 8.95. The molecule has 0 spiro atoms. The molecular formula is C20H21F2N3O3. The fourth-order valence-electron chi connectivity index (χ4n) is 3.16. The van der Waals surface area contributed by atoms with Gasteiger partial charge in [0.25, 0.3) is 11.8 Å². The molecule has 0 saturated heterocycles. The van der Waals surface area contributed by atoms with Crippen LogP contribution in [-0.2, 0) is 4.74 Å². The maximum atomic E-state index is 13.4. The SMILES string of the molecule is C[C@H](CNC(=O)c1cnc2c(C3=CCC(F)(F)CC3)cccc2c1)OC(N)=O. The number of allylic oxidation sites excluding steroid dienone is 2. The lowest BCUT2D eigenvalue weighted by Crippen LogP contribution is -2.34. The molecule has 148 valence electrons. The molecule has 8 heteroatoms. The standard InChI is InChI=1S/C20H21F2N3O3/c1-12(28-19(23)27)10-25-18(26)15-9-14-3-2-4-16(17(14)24-11-15)13-5-7-20(21,22)8-6-13/h2-5,9,11-12H,6-8,10H2,1H3,(H2,23,27)(H,25,26)/t12-/m1/s1. The smallest absolute Gasteiger partial charge is 0.404 e. The Morgan fingerprint density at radius 1 is 1.39 bits per heavy atom. The number of nitrogens with zero attached hydrogens (tertiary/aromatic N) is 1. The Hall–Kier alpha value is -3.03. The largest absolute Gasteiger partial charge is 0.445 e. The van der Waals surface area contributed by atoms with Gasteiger partial charge in [-0.05, 0) is 25.0 Å². The zero-order chi connectivity index (χ0) is 20.3. The second-order valence-corrected chi connectivity index (χ2v) is 6.85. The lowest BCUT2D eigenvalue weighted by atomic mass is 9.90. The molecular weight excluding hydrogens is 368 g/mol. The summed E-state index contributed by atoms with van der Waals surface area (Å²) in [6, 6.07) is 7.18. The number of rotatable bonds is 5. The summed E-state index contributed by atoms with van der Waals surface area (Å²) in [7, 11) is 0. The molecule has 6 nitrogen and oxygen atoms in total. The number of para-hydroxylation sites is 1. The molecule has 1 aliphatic rings. The lowest BCUT2D eigenvalue weighted by Gasteiger charge is -2.22. The van der Waals surface area contributed by atoms with Crippen molar-refractivity contribution in [1.82, 2.24) is 10.3 Å². The Balaban J connectivity index is 1.79. The van der Waals surface area contributed by atoms with Gasteiger partial charge in [0.15, 0.2) is 0 Å². The quantitative estimate of drug-likeness (QED) is 0.816. The first-order valence-electron chi connectivity index (χ1n) is 8.95. The molecule has 0 bridgehead atoms. The Kier molecular flexibility index (Phi) is 5.58. The van der Waals surface area contributed by atoms with Crippen LogP contribution in [0.2, 0.25) is 0 Å². The molecule has 3 rings (SSSR count). The van der Waals surface area contributed by atoms with Crippen molar-refractivity contribution in [1.29, 1.82) is 0 Å². The van der Waals surface area contributed by atoms with E-state index in [0.717, 1.165) is 16.5 Å². The van der Waals surface area contributed by atoms with Gasteiger partial charge in [0, 0.05) is 30.0 Å². The lowest BCUT2D eigenvalue weighted by molar-refractivity contribution is -0.00603. The van der Waals surface area contributed by atoms with E-state index in [-0.39, 0.29) is 31.7 Å². The first-order chi connectivity index (χ1) is 13.2. The highest BCUT2D eigenvalue weighted by atomic mass is 19.3. The summed E-state index contributed by atoms with van der Waals surface area (Å²) in [4.78, 5) is 27.4. The van der Waals surface area contributed by atoms with Gasteiger partial charge in [-0.3, -0.25) is 9.78 Å². The molecule has 28 heavy (non-hydrogen) atoms. The number of nitrogens with two attached hydrogens (primary N) is 1. The van der Waals surface area contributed by atoms with E-state index in [0.29, 0.717) is 11.1 Å². The van der Waals surface area contributed by atoms with E-state index in [1.54, 1.807) is 19.1 Å². The fraction of sp³-hybridized carbons (Fsp3) is 0.350. The summed E-state index contributed by atoms with van der Waals surface area (Å²) in [5.41, 5.74) is 7.60. The Bertz CT molecular complexity index is 943. The van der Waals surface area contributed by atoms with Gasteiger partial charge in [0.1, 0.15) is 6.10 Å². The van der Waals surface area contributed by atoms with Gasteiger partial charge in [0.05, 0.1) is 17.6 Å². The monoisotopic (exact) mass is 389 g/mol. The maximum Gasteiger partial charge on any atom is 0.404 e. The van der Waals surface area contributed by atoms with Gasteiger partial charge in [-0.2, -0.15) is 0 Å². The van der Waals surface area contributed by atoms with E-state index in [1.807, 2.05) is 18.2 Å². The molecule has 3 N–H and O–H groups in total. The number of halogens is 2. The van der Waals surface area contributed by atoms with E-state index in [1.165, 1.54) is 6.20 Å². The van der Waals surface area contributed by atoms with Crippen LogP contribution in [0.15, 0.2) is 36.5 Å². The highest BCUT2D eigenvalue weighted by Crippen LogP contribution is 2.37. The van der Waals surface area contributed by atoms with Gasteiger partial charge < -0.3 is 15.8 Å². The molecule has 1 aliphatic carbocycles. The number of benzene rings is 1. The van der Waals surface area contributed by atoms with Crippen LogP contribution >= 0.6 is 0 Å². The first kappa shape index (κ1) is 19.7. The number of ether oxygens (including phenoxy) is 1. The minimum Gasteiger partial charge on any atom is -0.445 e. The second kappa shape index (κ2) is 7.92. The van der Waals surface area contributed by atoms with Crippen molar-refractivity contribution in [2.75, 3.05) is 6.54 Å². The molecule has 1 heterocycles. The molecule has 1 aromatic heterocycles. The molecule has 2 aromatic rings. The minimum absolute atomic E-state index is 0.112. The third-order valence-electron chi connectivity index (χ3n) is 4.59. The maximum absolute atomic E-state index is 13.4. The average molecular weight is 389 g/mol. The molecule has 1 aromatic carbocycles. The number of amides is 2. The summed E-state index contributed by atoms with van der Waals surface area (Å²) in [5.74, 6) is -3.02. The van der Waals surface area contributed by atoms with Gasteiger partial charge in [0.2, 0.25) is 0 Å². The Morgan fingerprint density at radius 3 is 2.86 bits per heavy atom. The fourth-order valence-corrected chi connectivity index (χ4v) is 3.16. The van der Waals surface area contributed by atoms with Crippen LogP contribution < -0.4 is 11.1 Å². The van der Waals surface area contributed by atoms with Crippen LogP contribution in [0.5, 0.6) is 0 Å². The van der Waals surface area contributed by atoms with Crippen molar-refractivity contribution in [2.24, 2.45) is 5.73 Å². The molecule has 0 saturated carbocycles. The minimum atomic E-state index is -2.65. The number of primary amides is 1. The zero-order valence-corrected chi connectivity index (χ0v) is 15.4. The van der Waals surface area contributed by atoms with E-state index in [9.17, 15) is 18.4 Å². The number of alkyl halides is 2. The molecule has 0 fully saturated rings. The van der Waals surface area contributed by atoms with E-state index in [2.05, 4.69) is 10.3 Å². The summed E-state index contributed by atoms with van der Waals surface area (Å²) in [5, 5.41) is 3.39. The topological polar surface area (TPSA) is 94.3 Å². The van der Waals surface area contributed by atoms with Crippen molar-refractivity contribution >= 4 is 28.5 Å². The number of aromatic nitrogens is 1. The molecule has 1 atom stereocenters. The summed E-state index contributed by atoms with van der Waals surface area (Å²) >= 11 is 0. The summed E-state index contributed by atoms with van der Waals surface area (Å²) in [6.07, 6.45) is 1.38. The van der Waals surface area contributed by atoms with E-state index >= 15 is 0 Å². The highest BCUT2D eigenvalue weighted by molar-refractivity contribution is 5.99. The van der Waals surface area contributed by atoms with Gasteiger partial charge in [-0.15, -0.1) is 0 Å². The summed E-state index contributed by atoms with van der Waals surface area (Å²) < 4.78 is 31.6. The van der Waals surface area contributed by atoms with Gasteiger partial charge >= 0.3 is 6.09 Å². The van der Waals surface area contributed by atoms with Crippen molar-refractivity contribution in [3.63, 3.8) is 0 Å². The van der Waals surface area contributed by atoms with Crippen molar-refractivity contribution in [3.8, 4) is 0 Å². The molecule has 0 radical (unpaired) electrons. The highest BCUT2D eigenvalue weighted by Gasteiger charge is 2.31. The van der Waals surface area contributed by atoms with Crippen LogP contribution in [0.1, 0.15) is 42.1 Å². The van der Waals surface area contributed by atoms with Crippen molar-refractivity contribution in [3.05, 3.63) is 47.7 Å². The third-order valence-corrected chi connectivity index (χ3v) is 4.59. The Morgan fingerprint density at radius 2 is 2.18 bits per heavy atom. The molecule has 0 unspecified atom stereocenters. The van der Waals surface area contributed by atoms with Crippen LogP contribution in [0.25, 0.3) is 16.5 Å². The second-order valence-electron chi connectivity index (χ2n) is 6.85. The molecule has 2 amide bonds. The van der Waals surface area contributed by atoms with E-state index in [4.69, 9.17) is 10.5 Å². The number of hydrogen-bond acceptors (Lipinski definition) is 4. The number of nitrogens with one attached hydrogen (secondary N) is 1. The van der Waals surface area contributed by atoms with Crippen molar-refractivity contribution < 1.29 is 23.1 Å². The number of carbonyl (C=O) groups is 2. The predicted octanol–water partition coefficient (Wildman–Crippen LogP) is 3.65. The number of carbonyl (C=O) groups excluding carboxylic acids is 2. The van der Waals surface area contributed by atoms with Crippen molar-refractivity contribution in [2.45, 2.75) is 38.2 Å². The van der Waals surface area contributed by atoms with Crippen LogP contribution in [0, 0.1) is 0 Å². The van der Waals surface area contributed by atoms with Crippen LogP contribution in [0.3, 0.4) is 0 Å². The number of hydrogen-bond donors (Lipinski definition) is 2. The normalized spacial score (nSPS) is 16.9. The number of fused-ring (bicyclic) bond motifs is 1. The predicted molar refractivity (Wildman–Crippen MR) is 101 cm³/mol. The van der Waals surface area contributed by atoms with Gasteiger partial charge in [-0.25, -0.2) is 13.6 Å². The van der Waals surface area contributed by atoms with Crippen LogP contribution in [0.4, 0.5) is 13.6 Å². The Labute approximate surface area is 160 Å². The zero-order valence-electron chi connectivity index (χ0n) is 15.4. The number of pyridine rings is 1. The summed E-state index contributed by atoms with van der Waals surface area (Å²) in [6.45, 7) is 1.72.